The molecule has 0 radical (unpaired) electrons. The molecule has 4 heteroatoms. The maximum absolute atomic E-state index is 12.9. The van der Waals surface area contributed by atoms with Crippen molar-refractivity contribution in [3.63, 3.8) is 0 Å². The number of amides is 2. The minimum absolute atomic E-state index is 0.0269. The molecule has 25 heavy (non-hydrogen) atoms. The first-order valence-corrected chi connectivity index (χ1v) is 8.65. The van der Waals surface area contributed by atoms with Crippen LogP contribution in [0.25, 0.3) is 0 Å². The van der Waals surface area contributed by atoms with Gasteiger partial charge in [-0.15, -0.1) is 0 Å². The van der Waals surface area contributed by atoms with Gasteiger partial charge in [0.1, 0.15) is 6.04 Å². The number of hydrogen-bond acceptors (Lipinski definition) is 2. The number of hydrogen-bond donors (Lipinski definition) is 0. The number of aryl methyl sites for hydroxylation is 3. The highest BCUT2D eigenvalue weighted by Gasteiger charge is 2.35. The van der Waals surface area contributed by atoms with Crippen LogP contribution in [0.3, 0.4) is 0 Å². The molecule has 2 amide bonds. The molecule has 1 saturated heterocycles. The average Bonchev–Trinajstić information content (AvgIpc) is 2.59. The van der Waals surface area contributed by atoms with Crippen molar-refractivity contribution in [3.05, 3.63) is 64.7 Å². The van der Waals surface area contributed by atoms with E-state index in [2.05, 4.69) is 0 Å². The van der Waals surface area contributed by atoms with Crippen molar-refractivity contribution in [2.24, 2.45) is 0 Å². The van der Waals surface area contributed by atoms with E-state index in [4.69, 9.17) is 0 Å². The average molecular weight is 336 g/mol. The second-order valence-electron chi connectivity index (χ2n) is 6.82. The molecule has 130 valence electrons. The Morgan fingerprint density at radius 2 is 1.72 bits per heavy atom. The second kappa shape index (κ2) is 6.71. The highest BCUT2D eigenvalue weighted by Crippen LogP contribution is 2.26. The summed E-state index contributed by atoms with van der Waals surface area (Å²) in [7, 11) is 0. The Hall–Kier alpha value is -2.62. The van der Waals surface area contributed by atoms with Gasteiger partial charge < -0.3 is 9.80 Å². The van der Waals surface area contributed by atoms with Crippen molar-refractivity contribution in [2.45, 2.75) is 33.7 Å². The van der Waals surface area contributed by atoms with Crippen LogP contribution in [0.2, 0.25) is 0 Å². The molecule has 4 nitrogen and oxygen atoms in total. The molecule has 0 aliphatic carbocycles. The number of anilines is 1. The summed E-state index contributed by atoms with van der Waals surface area (Å²) in [5.74, 6) is -0.105. The summed E-state index contributed by atoms with van der Waals surface area (Å²) >= 11 is 0. The summed E-state index contributed by atoms with van der Waals surface area (Å²) in [5.41, 5.74) is 4.82. The number of nitrogens with zero attached hydrogens (tertiary/aromatic N) is 2. The number of rotatable bonds is 2. The third kappa shape index (κ3) is 3.29. The first-order chi connectivity index (χ1) is 11.9. The van der Waals surface area contributed by atoms with Crippen molar-refractivity contribution in [1.82, 2.24) is 4.90 Å². The molecule has 0 bridgehead atoms. The summed E-state index contributed by atoms with van der Waals surface area (Å²) in [6.07, 6.45) is 0. The monoisotopic (exact) mass is 336 g/mol. The topological polar surface area (TPSA) is 40.6 Å². The second-order valence-corrected chi connectivity index (χ2v) is 6.82. The van der Waals surface area contributed by atoms with Crippen molar-refractivity contribution in [3.8, 4) is 0 Å². The summed E-state index contributed by atoms with van der Waals surface area (Å²) in [5, 5.41) is 0. The van der Waals surface area contributed by atoms with Crippen molar-refractivity contribution in [2.75, 3.05) is 18.0 Å². The Labute approximate surface area is 149 Å². The maximum atomic E-state index is 12.9. The Balaban J connectivity index is 1.84. The minimum atomic E-state index is -0.471. The van der Waals surface area contributed by atoms with Crippen LogP contribution >= 0.6 is 0 Å². The number of carbonyl (C=O) groups is 2. The van der Waals surface area contributed by atoms with Gasteiger partial charge in [0.2, 0.25) is 5.91 Å². The molecule has 0 saturated carbocycles. The van der Waals surface area contributed by atoms with Crippen LogP contribution in [0.1, 0.15) is 34.0 Å². The Kier molecular flexibility index (Phi) is 4.62. The Morgan fingerprint density at radius 3 is 2.44 bits per heavy atom. The van der Waals surface area contributed by atoms with Crippen LogP contribution in [0, 0.1) is 20.8 Å². The van der Waals surface area contributed by atoms with Gasteiger partial charge in [0, 0.05) is 24.3 Å². The predicted octanol–water partition coefficient (Wildman–Crippen LogP) is 3.49. The zero-order chi connectivity index (χ0) is 18.1. The third-order valence-corrected chi connectivity index (χ3v) is 4.84. The standard InChI is InChI=1S/C21H24N2O2/c1-14-6-5-7-18(12-14)21(25)22-10-11-23(20(24)17(22)4)19-13-15(2)8-9-16(19)3/h5-9,12-13,17H,10-11H2,1-4H3/t17-/m1/s1. The van der Waals surface area contributed by atoms with E-state index in [1.807, 2.05) is 75.1 Å². The molecular weight excluding hydrogens is 312 g/mol. The SMILES string of the molecule is Cc1cccc(C(=O)N2CCN(c3cc(C)ccc3C)C(=O)[C@H]2C)c1. The van der Waals surface area contributed by atoms with E-state index in [0.717, 1.165) is 22.4 Å². The molecule has 1 heterocycles. The van der Waals surface area contributed by atoms with Crippen LogP contribution in [-0.4, -0.2) is 35.8 Å². The normalized spacial score (nSPS) is 17.8. The lowest BCUT2D eigenvalue weighted by Crippen LogP contribution is -2.58. The quantitative estimate of drug-likeness (QED) is 0.842. The van der Waals surface area contributed by atoms with Gasteiger partial charge in [-0.3, -0.25) is 9.59 Å². The van der Waals surface area contributed by atoms with Gasteiger partial charge in [-0.1, -0.05) is 29.8 Å². The molecule has 1 fully saturated rings. The zero-order valence-electron chi connectivity index (χ0n) is 15.2. The first-order valence-electron chi connectivity index (χ1n) is 8.65. The Bertz CT molecular complexity index is 828. The van der Waals surface area contributed by atoms with E-state index in [0.29, 0.717) is 18.7 Å². The maximum Gasteiger partial charge on any atom is 0.254 e. The van der Waals surface area contributed by atoms with Crippen LogP contribution < -0.4 is 4.90 Å². The van der Waals surface area contributed by atoms with Gasteiger partial charge in [-0.2, -0.15) is 0 Å². The van der Waals surface area contributed by atoms with Crippen molar-refractivity contribution in [1.29, 1.82) is 0 Å². The van der Waals surface area contributed by atoms with Crippen LogP contribution in [0.5, 0.6) is 0 Å². The highest BCUT2D eigenvalue weighted by atomic mass is 16.2. The van der Waals surface area contributed by atoms with E-state index in [1.165, 1.54) is 0 Å². The lowest BCUT2D eigenvalue weighted by molar-refractivity contribution is -0.124. The van der Waals surface area contributed by atoms with E-state index in [9.17, 15) is 9.59 Å². The van der Waals surface area contributed by atoms with Crippen LogP contribution in [-0.2, 0) is 4.79 Å². The third-order valence-electron chi connectivity index (χ3n) is 4.84. The molecule has 2 aromatic rings. The fourth-order valence-corrected chi connectivity index (χ4v) is 3.34. The predicted molar refractivity (Wildman–Crippen MR) is 99.9 cm³/mol. The molecule has 2 aromatic carbocycles. The smallest absolute Gasteiger partial charge is 0.254 e. The van der Waals surface area contributed by atoms with Crippen LogP contribution in [0.15, 0.2) is 42.5 Å². The molecular formula is C21H24N2O2. The molecule has 1 atom stereocenters. The van der Waals surface area contributed by atoms with Gasteiger partial charge in [-0.05, 0) is 57.0 Å². The van der Waals surface area contributed by atoms with Gasteiger partial charge in [0.15, 0.2) is 0 Å². The zero-order valence-corrected chi connectivity index (χ0v) is 15.2. The fraction of sp³-hybridized carbons (Fsp3) is 0.333. The largest absolute Gasteiger partial charge is 0.325 e. The molecule has 0 unspecified atom stereocenters. The summed E-state index contributed by atoms with van der Waals surface area (Å²) in [4.78, 5) is 29.3. The van der Waals surface area contributed by atoms with E-state index in [-0.39, 0.29) is 11.8 Å². The molecule has 1 aliphatic heterocycles. The van der Waals surface area contributed by atoms with Gasteiger partial charge in [0.05, 0.1) is 0 Å². The summed E-state index contributed by atoms with van der Waals surface area (Å²) in [6, 6.07) is 13.2. The van der Waals surface area contributed by atoms with E-state index in [1.54, 1.807) is 4.90 Å². The van der Waals surface area contributed by atoms with Gasteiger partial charge in [-0.25, -0.2) is 0 Å². The highest BCUT2D eigenvalue weighted by molar-refractivity contribution is 6.03. The van der Waals surface area contributed by atoms with E-state index >= 15 is 0 Å². The summed E-state index contributed by atoms with van der Waals surface area (Å²) < 4.78 is 0. The minimum Gasteiger partial charge on any atom is -0.325 e. The van der Waals surface area contributed by atoms with Crippen LogP contribution in [0.4, 0.5) is 5.69 Å². The molecule has 0 aromatic heterocycles. The number of carbonyl (C=O) groups excluding carboxylic acids is 2. The molecule has 1 aliphatic rings. The molecule has 0 spiro atoms. The molecule has 0 N–H and O–H groups in total. The molecule has 3 rings (SSSR count). The summed E-state index contributed by atoms with van der Waals surface area (Å²) in [6.45, 7) is 8.86. The fourth-order valence-electron chi connectivity index (χ4n) is 3.34. The van der Waals surface area contributed by atoms with Crippen molar-refractivity contribution < 1.29 is 9.59 Å². The van der Waals surface area contributed by atoms with E-state index < -0.39 is 6.04 Å². The van der Waals surface area contributed by atoms with Gasteiger partial charge >= 0.3 is 0 Å². The lowest BCUT2D eigenvalue weighted by Gasteiger charge is -2.39. The Morgan fingerprint density at radius 1 is 1.00 bits per heavy atom. The van der Waals surface area contributed by atoms with Gasteiger partial charge in [0.25, 0.3) is 5.91 Å². The first kappa shape index (κ1) is 17.2. The lowest BCUT2D eigenvalue weighted by atomic mass is 10.0. The van der Waals surface area contributed by atoms with Crippen molar-refractivity contribution >= 4 is 17.5 Å². The number of piperazine rings is 1. The number of benzene rings is 2.